The summed E-state index contributed by atoms with van der Waals surface area (Å²) in [7, 11) is 1.46. The molecule has 0 bridgehead atoms. The van der Waals surface area contributed by atoms with Crippen molar-refractivity contribution in [3.05, 3.63) is 35.4 Å². The van der Waals surface area contributed by atoms with Crippen molar-refractivity contribution in [1.82, 2.24) is 0 Å². The highest BCUT2D eigenvalue weighted by molar-refractivity contribution is 5.77. The van der Waals surface area contributed by atoms with Crippen molar-refractivity contribution in [3.63, 3.8) is 0 Å². The molecule has 0 unspecified atom stereocenters. The van der Waals surface area contributed by atoms with Crippen molar-refractivity contribution in [2.45, 2.75) is 38.0 Å². The Kier molecular flexibility index (Phi) is 3.13. The predicted octanol–water partition coefficient (Wildman–Crippen LogP) is 2.45. The van der Waals surface area contributed by atoms with E-state index >= 15 is 0 Å². The van der Waals surface area contributed by atoms with Gasteiger partial charge in [0.05, 0.1) is 19.1 Å². The van der Waals surface area contributed by atoms with Gasteiger partial charge in [-0.3, -0.25) is 4.79 Å². The zero-order chi connectivity index (χ0) is 14.4. The molecular weight excluding hydrogens is 252 g/mol. The first-order valence-electron chi connectivity index (χ1n) is 7.36. The molecule has 2 aliphatic rings. The van der Waals surface area contributed by atoms with Gasteiger partial charge in [0, 0.05) is 5.41 Å². The van der Waals surface area contributed by atoms with Gasteiger partial charge in [0.25, 0.3) is 0 Å². The molecule has 0 saturated heterocycles. The van der Waals surface area contributed by atoms with Gasteiger partial charge in [-0.15, -0.1) is 0 Å². The van der Waals surface area contributed by atoms with Crippen LogP contribution in [0.2, 0.25) is 0 Å². The van der Waals surface area contributed by atoms with Gasteiger partial charge in [-0.05, 0) is 43.2 Å². The molecule has 0 heterocycles. The molecule has 0 spiro atoms. The van der Waals surface area contributed by atoms with Crippen LogP contribution in [0, 0.1) is 11.3 Å². The number of carbonyl (C=O) groups excluding carboxylic acids is 1. The molecule has 0 amide bonds. The predicted molar refractivity (Wildman–Crippen MR) is 76.4 cm³/mol. The standard InChI is InChI=1S/C17H22O3/c1-16(15(19)20-2)8-5-9-17(11-18)13-7-4-3-6-12(13)10-14(16)17/h3-4,6-7,14,18H,5,8-11H2,1-2H3/t14-,16-,17+/m1/s1. The summed E-state index contributed by atoms with van der Waals surface area (Å²) in [5, 5.41) is 10.1. The van der Waals surface area contributed by atoms with Gasteiger partial charge in [0.15, 0.2) is 0 Å². The normalized spacial score (nSPS) is 35.2. The highest BCUT2D eigenvalue weighted by atomic mass is 16.5. The number of esters is 1. The number of aliphatic hydroxyl groups is 1. The van der Waals surface area contributed by atoms with E-state index in [4.69, 9.17) is 4.74 Å². The minimum absolute atomic E-state index is 0.112. The molecule has 2 aliphatic carbocycles. The van der Waals surface area contributed by atoms with Gasteiger partial charge in [-0.25, -0.2) is 0 Å². The first-order chi connectivity index (χ1) is 9.58. The third-order valence-corrected chi connectivity index (χ3v) is 5.67. The largest absolute Gasteiger partial charge is 0.469 e. The molecule has 108 valence electrons. The summed E-state index contributed by atoms with van der Waals surface area (Å²) in [6, 6.07) is 8.32. The average Bonchev–Trinajstić information content (AvgIpc) is 2.83. The van der Waals surface area contributed by atoms with Crippen LogP contribution in [0.25, 0.3) is 0 Å². The molecule has 1 N–H and O–H groups in total. The Morgan fingerprint density at radius 1 is 1.40 bits per heavy atom. The van der Waals surface area contributed by atoms with Crippen molar-refractivity contribution in [2.75, 3.05) is 13.7 Å². The molecule has 1 aromatic carbocycles. The minimum atomic E-state index is -0.491. The van der Waals surface area contributed by atoms with E-state index in [0.29, 0.717) is 0 Å². The van der Waals surface area contributed by atoms with Crippen molar-refractivity contribution in [3.8, 4) is 0 Å². The first-order valence-corrected chi connectivity index (χ1v) is 7.36. The molecule has 3 nitrogen and oxygen atoms in total. The first kappa shape index (κ1) is 13.6. The third-order valence-electron chi connectivity index (χ3n) is 5.67. The van der Waals surface area contributed by atoms with E-state index in [2.05, 4.69) is 12.1 Å². The van der Waals surface area contributed by atoms with Gasteiger partial charge in [0.2, 0.25) is 0 Å². The van der Waals surface area contributed by atoms with Crippen LogP contribution >= 0.6 is 0 Å². The van der Waals surface area contributed by atoms with Crippen LogP contribution < -0.4 is 0 Å². The molecule has 1 saturated carbocycles. The van der Waals surface area contributed by atoms with E-state index in [-0.39, 0.29) is 23.9 Å². The Morgan fingerprint density at radius 2 is 2.15 bits per heavy atom. The summed E-state index contributed by atoms with van der Waals surface area (Å²) in [6.07, 6.45) is 3.62. The van der Waals surface area contributed by atoms with Crippen LogP contribution in [0.1, 0.15) is 37.3 Å². The van der Waals surface area contributed by atoms with Crippen molar-refractivity contribution in [2.24, 2.45) is 11.3 Å². The van der Waals surface area contributed by atoms with Crippen molar-refractivity contribution >= 4 is 5.97 Å². The minimum Gasteiger partial charge on any atom is -0.469 e. The molecule has 3 heteroatoms. The third kappa shape index (κ3) is 1.59. The topological polar surface area (TPSA) is 46.5 Å². The number of methoxy groups -OCH3 is 1. The molecule has 0 aromatic heterocycles. The van der Waals surface area contributed by atoms with Gasteiger partial charge < -0.3 is 9.84 Å². The summed E-state index contributed by atoms with van der Waals surface area (Å²) in [5.41, 5.74) is 1.76. The molecule has 1 aromatic rings. The Hall–Kier alpha value is -1.35. The van der Waals surface area contributed by atoms with Crippen molar-refractivity contribution in [1.29, 1.82) is 0 Å². The zero-order valence-electron chi connectivity index (χ0n) is 12.2. The lowest BCUT2D eigenvalue weighted by molar-refractivity contribution is -0.161. The highest BCUT2D eigenvalue weighted by Gasteiger charge is 2.59. The second-order valence-electron chi connectivity index (χ2n) is 6.49. The van der Waals surface area contributed by atoms with Crippen LogP contribution in [-0.4, -0.2) is 24.8 Å². The maximum atomic E-state index is 12.3. The monoisotopic (exact) mass is 274 g/mol. The lowest BCUT2D eigenvalue weighted by Gasteiger charge is -2.48. The highest BCUT2D eigenvalue weighted by Crippen LogP contribution is 2.58. The Labute approximate surface area is 120 Å². The molecular formula is C17H22O3. The maximum Gasteiger partial charge on any atom is 0.311 e. The van der Waals surface area contributed by atoms with Gasteiger partial charge in [0.1, 0.15) is 0 Å². The number of rotatable bonds is 2. The lowest BCUT2D eigenvalue weighted by atomic mass is 9.55. The summed E-state index contributed by atoms with van der Waals surface area (Å²) < 4.78 is 5.07. The molecule has 3 rings (SSSR count). The smallest absolute Gasteiger partial charge is 0.311 e. The number of hydrogen-bond donors (Lipinski definition) is 1. The molecule has 1 fully saturated rings. The number of hydrogen-bond acceptors (Lipinski definition) is 3. The molecule has 20 heavy (non-hydrogen) atoms. The Morgan fingerprint density at radius 3 is 2.85 bits per heavy atom. The Bertz CT molecular complexity index is 539. The quantitative estimate of drug-likeness (QED) is 0.843. The Balaban J connectivity index is 2.12. The van der Waals surface area contributed by atoms with Crippen LogP contribution in [-0.2, 0) is 21.4 Å². The van der Waals surface area contributed by atoms with Crippen molar-refractivity contribution < 1.29 is 14.6 Å². The van der Waals surface area contributed by atoms with Crippen LogP contribution in [0.15, 0.2) is 24.3 Å². The fraction of sp³-hybridized carbons (Fsp3) is 0.588. The van der Waals surface area contributed by atoms with Crippen LogP contribution in [0.3, 0.4) is 0 Å². The number of aliphatic hydroxyl groups excluding tert-OH is 1. The number of benzene rings is 1. The fourth-order valence-electron chi connectivity index (χ4n) is 4.63. The second-order valence-corrected chi connectivity index (χ2v) is 6.49. The number of fused-ring (bicyclic) bond motifs is 3. The van der Waals surface area contributed by atoms with Crippen LogP contribution in [0.4, 0.5) is 0 Å². The van der Waals surface area contributed by atoms with E-state index < -0.39 is 5.41 Å². The summed E-state index contributed by atoms with van der Waals surface area (Å²) in [4.78, 5) is 12.3. The van der Waals surface area contributed by atoms with E-state index in [1.807, 2.05) is 19.1 Å². The van der Waals surface area contributed by atoms with E-state index in [1.54, 1.807) is 0 Å². The average molecular weight is 274 g/mol. The number of ether oxygens (including phenoxy) is 1. The van der Waals surface area contributed by atoms with E-state index in [1.165, 1.54) is 18.2 Å². The van der Waals surface area contributed by atoms with Crippen LogP contribution in [0.5, 0.6) is 0 Å². The summed E-state index contributed by atoms with van der Waals surface area (Å²) >= 11 is 0. The maximum absolute atomic E-state index is 12.3. The molecule has 0 radical (unpaired) electrons. The van der Waals surface area contributed by atoms with E-state index in [0.717, 1.165) is 25.7 Å². The zero-order valence-corrected chi connectivity index (χ0v) is 12.2. The number of carbonyl (C=O) groups is 1. The van der Waals surface area contributed by atoms with Gasteiger partial charge >= 0.3 is 5.97 Å². The van der Waals surface area contributed by atoms with E-state index in [9.17, 15) is 9.90 Å². The second kappa shape index (κ2) is 4.59. The molecule has 3 atom stereocenters. The van der Waals surface area contributed by atoms with Gasteiger partial charge in [-0.1, -0.05) is 30.7 Å². The summed E-state index contributed by atoms with van der Waals surface area (Å²) in [5.74, 6) is 0.00595. The van der Waals surface area contributed by atoms with Gasteiger partial charge in [-0.2, -0.15) is 0 Å². The lowest BCUT2D eigenvalue weighted by Crippen LogP contribution is -2.51. The fourth-order valence-corrected chi connectivity index (χ4v) is 4.63. The molecule has 0 aliphatic heterocycles. The SMILES string of the molecule is COC(=O)[C@]1(C)CCC[C@]2(CO)c3ccccc3C[C@@H]21. The summed E-state index contributed by atoms with van der Waals surface area (Å²) in [6.45, 7) is 2.13.